The fourth-order valence-corrected chi connectivity index (χ4v) is 3.78. The zero-order valence-corrected chi connectivity index (χ0v) is 8.00. The van der Waals surface area contributed by atoms with Crippen molar-refractivity contribution in [1.82, 2.24) is 0 Å². The zero-order valence-electron chi connectivity index (χ0n) is 8.00. The predicted molar refractivity (Wildman–Crippen MR) is 49.2 cm³/mol. The van der Waals surface area contributed by atoms with Crippen molar-refractivity contribution < 1.29 is 10.2 Å². The van der Waals surface area contributed by atoms with Gasteiger partial charge < -0.3 is 10.2 Å². The summed E-state index contributed by atoms with van der Waals surface area (Å²) in [5, 5.41) is 19.0. The minimum Gasteiger partial charge on any atom is -0.393 e. The normalized spacial score (nSPS) is 51.2. The molecule has 3 aliphatic rings. The summed E-state index contributed by atoms with van der Waals surface area (Å²) in [5.41, 5.74) is -0.00203. The van der Waals surface area contributed by atoms with Crippen LogP contribution >= 0.6 is 0 Å². The van der Waals surface area contributed by atoms with E-state index in [0.717, 1.165) is 24.7 Å². The fourth-order valence-electron chi connectivity index (χ4n) is 3.78. The molecule has 3 saturated carbocycles. The average molecular weight is 182 g/mol. The van der Waals surface area contributed by atoms with Crippen molar-refractivity contribution in [2.45, 2.75) is 44.1 Å². The second kappa shape index (κ2) is 2.29. The Morgan fingerprint density at radius 3 is 1.92 bits per heavy atom. The molecule has 0 aromatic heterocycles. The molecule has 1 unspecified atom stereocenters. The van der Waals surface area contributed by atoms with Gasteiger partial charge in [-0.2, -0.15) is 0 Å². The Balaban J connectivity index is 1.73. The lowest BCUT2D eigenvalue weighted by molar-refractivity contribution is -0.0162. The Hall–Kier alpha value is -0.0800. The molecular formula is C11H18O2. The van der Waals surface area contributed by atoms with E-state index in [2.05, 4.69) is 0 Å². The van der Waals surface area contributed by atoms with Crippen LogP contribution in [0.3, 0.4) is 0 Å². The van der Waals surface area contributed by atoms with Crippen molar-refractivity contribution >= 4 is 0 Å². The van der Waals surface area contributed by atoms with Crippen LogP contribution in [0.4, 0.5) is 0 Å². The summed E-state index contributed by atoms with van der Waals surface area (Å²) in [6.07, 6.45) is 7.24. The van der Waals surface area contributed by atoms with Gasteiger partial charge in [-0.3, -0.25) is 0 Å². The van der Waals surface area contributed by atoms with Gasteiger partial charge in [0.2, 0.25) is 0 Å². The number of hydrogen-bond donors (Lipinski definition) is 2. The van der Waals surface area contributed by atoms with E-state index in [-0.39, 0.29) is 6.61 Å². The van der Waals surface area contributed by atoms with Gasteiger partial charge in [0.05, 0.1) is 12.2 Å². The minimum absolute atomic E-state index is 0.0347. The van der Waals surface area contributed by atoms with Crippen LogP contribution in [0.15, 0.2) is 0 Å². The average Bonchev–Trinajstić information content (AvgIpc) is 2.63. The van der Waals surface area contributed by atoms with Gasteiger partial charge in [-0.25, -0.2) is 0 Å². The molecular weight excluding hydrogens is 164 g/mol. The molecule has 0 heterocycles. The lowest BCUT2D eigenvalue weighted by Crippen LogP contribution is -2.30. The molecule has 0 aliphatic heterocycles. The van der Waals surface area contributed by atoms with Gasteiger partial charge in [-0.1, -0.05) is 0 Å². The molecule has 2 heteroatoms. The van der Waals surface area contributed by atoms with Gasteiger partial charge in [-0.05, 0) is 55.8 Å². The molecule has 2 N–H and O–H groups in total. The molecule has 74 valence electrons. The molecule has 13 heavy (non-hydrogen) atoms. The van der Waals surface area contributed by atoms with E-state index in [1.54, 1.807) is 0 Å². The van der Waals surface area contributed by atoms with E-state index >= 15 is 0 Å². The van der Waals surface area contributed by atoms with Crippen molar-refractivity contribution in [1.29, 1.82) is 0 Å². The van der Waals surface area contributed by atoms with Crippen LogP contribution in [0.1, 0.15) is 38.5 Å². The van der Waals surface area contributed by atoms with Crippen molar-refractivity contribution in [3.05, 3.63) is 0 Å². The molecule has 3 aliphatic carbocycles. The third-order valence-corrected chi connectivity index (χ3v) is 4.59. The number of rotatable bonds is 1. The lowest BCUT2D eigenvalue weighted by Gasteiger charge is -2.21. The highest BCUT2D eigenvalue weighted by atomic mass is 16.3. The van der Waals surface area contributed by atoms with Gasteiger partial charge in [0.1, 0.15) is 0 Å². The lowest BCUT2D eigenvalue weighted by atomic mass is 9.94. The molecule has 3 rings (SSSR count). The SMILES string of the molecule is OCC1(O)C[C@@H]2CC3(CC3)C[C@@H]2C1. The fraction of sp³-hybridized carbons (Fsp3) is 1.00. The maximum atomic E-state index is 9.95. The first-order valence-electron chi connectivity index (χ1n) is 5.48. The van der Waals surface area contributed by atoms with E-state index in [9.17, 15) is 5.11 Å². The third kappa shape index (κ3) is 1.15. The molecule has 0 saturated heterocycles. The summed E-state index contributed by atoms with van der Waals surface area (Å²) in [7, 11) is 0. The highest BCUT2D eigenvalue weighted by molar-refractivity contribution is 5.08. The molecule has 0 bridgehead atoms. The van der Waals surface area contributed by atoms with Crippen LogP contribution < -0.4 is 0 Å². The first-order chi connectivity index (χ1) is 6.15. The second-order valence-corrected chi connectivity index (χ2v) is 5.72. The van der Waals surface area contributed by atoms with Crippen LogP contribution in [0.25, 0.3) is 0 Å². The minimum atomic E-state index is -0.716. The van der Waals surface area contributed by atoms with E-state index in [1.165, 1.54) is 25.7 Å². The summed E-state index contributed by atoms with van der Waals surface area (Å²) in [4.78, 5) is 0. The summed E-state index contributed by atoms with van der Waals surface area (Å²) in [6, 6.07) is 0. The van der Waals surface area contributed by atoms with Crippen molar-refractivity contribution in [2.75, 3.05) is 6.61 Å². The van der Waals surface area contributed by atoms with Crippen LogP contribution in [-0.2, 0) is 0 Å². The van der Waals surface area contributed by atoms with Gasteiger partial charge >= 0.3 is 0 Å². The summed E-state index contributed by atoms with van der Waals surface area (Å²) >= 11 is 0. The highest BCUT2D eigenvalue weighted by Crippen LogP contribution is 2.66. The Labute approximate surface area is 79.0 Å². The van der Waals surface area contributed by atoms with Crippen molar-refractivity contribution in [2.24, 2.45) is 17.3 Å². The Morgan fingerprint density at radius 2 is 1.54 bits per heavy atom. The molecule has 0 amide bonds. The zero-order chi connectivity index (χ0) is 9.10. The second-order valence-electron chi connectivity index (χ2n) is 5.72. The predicted octanol–water partition coefficient (Wildman–Crippen LogP) is 1.31. The molecule has 0 aromatic carbocycles. The molecule has 3 fully saturated rings. The topological polar surface area (TPSA) is 40.5 Å². The van der Waals surface area contributed by atoms with Gasteiger partial charge in [0.15, 0.2) is 0 Å². The van der Waals surface area contributed by atoms with Crippen LogP contribution in [0, 0.1) is 17.3 Å². The number of aliphatic hydroxyl groups excluding tert-OH is 1. The van der Waals surface area contributed by atoms with Crippen LogP contribution in [0.5, 0.6) is 0 Å². The smallest absolute Gasteiger partial charge is 0.0882 e. The first-order valence-corrected chi connectivity index (χ1v) is 5.48. The first kappa shape index (κ1) is 8.25. The monoisotopic (exact) mass is 182 g/mol. The van der Waals surface area contributed by atoms with E-state index in [0.29, 0.717) is 5.41 Å². The maximum Gasteiger partial charge on any atom is 0.0882 e. The molecule has 0 aromatic rings. The molecule has 0 radical (unpaired) electrons. The van der Waals surface area contributed by atoms with Crippen LogP contribution in [-0.4, -0.2) is 22.4 Å². The maximum absolute atomic E-state index is 9.95. The third-order valence-electron chi connectivity index (χ3n) is 4.59. The number of aliphatic hydroxyl groups is 2. The number of fused-ring (bicyclic) bond motifs is 1. The Kier molecular flexibility index (Phi) is 1.45. The largest absolute Gasteiger partial charge is 0.393 e. The summed E-state index contributed by atoms with van der Waals surface area (Å²) in [5.74, 6) is 1.44. The van der Waals surface area contributed by atoms with Crippen LogP contribution in [0.2, 0.25) is 0 Å². The summed E-state index contributed by atoms with van der Waals surface area (Å²) < 4.78 is 0. The summed E-state index contributed by atoms with van der Waals surface area (Å²) in [6.45, 7) is -0.0347. The Bertz CT molecular complexity index is 216. The van der Waals surface area contributed by atoms with E-state index in [1.807, 2.05) is 0 Å². The van der Waals surface area contributed by atoms with Crippen molar-refractivity contribution in [3.63, 3.8) is 0 Å². The van der Waals surface area contributed by atoms with E-state index < -0.39 is 5.60 Å². The quantitative estimate of drug-likeness (QED) is 0.642. The van der Waals surface area contributed by atoms with Crippen molar-refractivity contribution in [3.8, 4) is 0 Å². The van der Waals surface area contributed by atoms with E-state index in [4.69, 9.17) is 5.11 Å². The van der Waals surface area contributed by atoms with Gasteiger partial charge in [0, 0.05) is 0 Å². The molecule has 2 nitrogen and oxygen atoms in total. The molecule has 1 spiro atoms. The number of hydrogen-bond acceptors (Lipinski definition) is 2. The molecule has 3 atom stereocenters. The highest BCUT2D eigenvalue weighted by Gasteiger charge is 2.57. The van der Waals surface area contributed by atoms with Gasteiger partial charge in [0.25, 0.3) is 0 Å². The van der Waals surface area contributed by atoms with Gasteiger partial charge in [-0.15, -0.1) is 0 Å². The standard InChI is InChI=1S/C11H18O2/c12-7-11(13)5-8-3-10(1-2-10)4-9(8)6-11/h8-9,12-13H,1-7H2/t8-,9+,11?. The Morgan fingerprint density at radius 1 is 1.00 bits per heavy atom.